The Labute approximate surface area is 137 Å². The molecule has 1 heterocycles. The van der Waals surface area contributed by atoms with Crippen molar-refractivity contribution in [2.45, 2.75) is 36.6 Å². The molecule has 0 atom stereocenters. The molecule has 1 aromatic heterocycles. The van der Waals surface area contributed by atoms with Crippen molar-refractivity contribution in [2.75, 3.05) is 0 Å². The van der Waals surface area contributed by atoms with Crippen LogP contribution in [0.25, 0.3) is 0 Å². The molecule has 106 valence electrons. The smallest absolute Gasteiger partial charge is 0.136 e. The van der Waals surface area contributed by atoms with Gasteiger partial charge in [0.1, 0.15) is 16.0 Å². The van der Waals surface area contributed by atoms with Crippen molar-refractivity contribution in [3.63, 3.8) is 0 Å². The zero-order valence-corrected chi connectivity index (χ0v) is 14.2. The second-order valence-electron chi connectivity index (χ2n) is 4.29. The Morgan fingerprint density at radius 3 is 2.50 bits per heavy atom. The number of aromatic nitrogens is 2. The van der Waals surface area contributed by atoms with Crippen LogP contribution in [0.1, 0.15) is 24.7 Å². The van der Waals surface area contributed by atoms with E-state index >= 15 is 0 Å². The van der Waals surface area contributed by atoms with Crippen LogP contribution in [0, 0.1) is 6.92 Å². The summed E-state index contributed by atoms with van der Waals surface area (Å²) >= 11 is 19.6. The van der Waals surface area contributed by atoms with Gasteiger partial charge in [-0.2, -0.15) is 0 Å². The normalized spacial score (nSPS) is 10.8. The Morgan fingerprint density at radius 1 is 1.10 bits per heavy atom. The van der Waals surface area contributed by atoms with E-state index in [0.717, 1.165) is 34.2 Å². The summed E-state index contributed by atoms with van der Waals surface area (Å²) in [5, 5.41) is 2.43. The Bertz CT molecular complexity index is 632. The first-order valence-electron chi connectivity index (χ1n) is 6.17. The van der Waals surface area contributed by atoms with Crippen LogP contribution < -0.4 is 0 Å². The number of nitrogens with zero attached hydrogens (tertiary/aromatic N) is 2. The lowest BCUT2D eigenvalue weighted by atomic mass is 10.3. The first-order valence-corrected chi connectivity index (χ1v) is 8.12. The molecule has 0 aliphatic carbocycles. The molecule has 0 saturated carbocycles. The van der Waals surface area contributed by atoms with Crippen LogP contribution in [0.4, 0.5) is 0 Å². The third-order valence-corrected chi connectivity index (χ3v) is 4.85. The van der Waals surface area contributed by atoms with Crippen molar-refractivity contribution in [1.82, 2.24) is 9.97 Å². The fourth-order valence-corrected chi connectivity index (χ4v) is 3.14. The minimum atomic E-state index is 0.506. The number of hydrogen-bond acceptors (Lipinski definition) is 3. The summed E-state index contributed by atoms with van der Waals surface area (Å²) in [6.45, 7) is 4.00. The van der Waals surface area contributed by atoms with Gasteiger partial charge in [-0.05, 0) is 31.5 Å². The van der Waals surface area contributed by atoms with Crippen molar-refractivity contribution >= 4 is 46.6 Å². The molecule has 2 aromatic rings. The minimum absolute atomic E-state index is 0.506. The first kappa shape index (κ1) is 15.9. The predicted molar refractivity (Wildman–Crippen MR) is 86.4 cm³/mol. The molecule has 0 N–H and O–H groups in total. The fraction of sp³-hybridized carbons (Fsp3) is 0.286. The molecule has 0 spiro atoms. The van der Waals surface area contributed by atoms with Crippen LogP contribution in [0.3, 0.4) is 0 Å². The molecule has 1 aromatic carbocycles. The third-order valence-electron chi connectivity index (χ3n) is 2.67. The summed E-state index contributed by atoms with van der Waals surface area (Å²) in [5.74, 6) is 0.769. The van der Waals surface area contributed by atoms with Crippen LogP contribution >= 0.6 is 46.6 Å². The molecule has 0 bridgehead atoms. The lowest BCUT2D eigenvalue weighted by Gasteiger charge is -2.09. The van der Waals surface area contributed by atoms with Gasteiger partial charge in [0.15, 0.2) is 0 Å². The Morgan fingerprint density at radius 2 is 1.85 bits per heavy atom. The molecule has 0 unspecified atom stereocenters. The predicted octanol–water partition coefficient (Wildman–Crippen LogP) is 5.85. The third kappa shape index (κ3) is 3.79. The maximum atomic E-state index is 6.17. The molecule has 6 heteroatoms. The topological polar surface area (TPSA) is 25.8 Å². The van der Waals surface area contributed by atoms with E-state index < -0.39 is 0 Å². The van der Waals surface area contributed by atoms with E-state index in [1.54, 1.807) is 6.07 Å². The summed E-state index contributed by atoms with van der Waals surface area (Å²) in [6.07, 6.45) is 1.80. The van der Waals surface area contributed by atoms with Gasteiger partial charge in [0.2, 0.25) is 0 Å². The van der Waals surface area contributed by atoms with Gasteiger partial charge in [0, 0.05) is 16.9 Å². The van der Waals surface area contributed by atoms with E-state index in [0.29, 0.717) is 15.2 Å². The summed E-state index contributed by atoms with van der Waals surface area (Å²) in [4.78, 5) is 9.82. The van der Waals surface area contributed by atoms with Gasteiger partial charge in [0.05, 0.1) is 10.0 Å². The van der Waals surface area contributed by atoms with Crippen LogP contribution in [0.15, 0.2) is 28.1 Å². The second-order valence-corrected chi connectivity index (χ2v) is 6.52. The Balaban J connectivity index is 2.34. The van der Waals surface area contributed by atoms with E-state index in [1.807, 2.05) is 19.1 Å². The van der Waals surface area contributed by atoms with E-state index in [-0.39, 0.29) is 0 Å². The summed E-state index contributed by atoms with van der Waals surface area (Å²) in [5.41, 5.74) is 0.877. The maximum Gasteiger partial charge on any atom is 0.136 e. The van der Waals surface area contributed by atoms with Crippen LogP contribution in [-0.4, -0.2) is 9.97 Å². The molecule has 0 aliphatic rings. The monoisotopic (exact) mass is 346 g/mol. The second kappa shape index (κ2) is 6.99. The summed E-state index contributed by atoms with van der Waals surface area (Å²) in [6, 6.07) is 5.51. The highest BCUT2D eigenvalue weighted by atomic mass is 35.5. The molecular formula is C14H13Cl3N2S. The zero-order chi connectivity index (χ0) is 14.7. The molecule has 0 radical (unpaired) electrons. The molecular weight excluding hydrogens is 335 g/mol. The number of rotatable bonds is 4. The summed E-state index contributed by atoms with van der Waals surface area (Å²) in [7, 11) is 0. The van der Waals surface area contributed by atoms with Crippen molar-refractivity contribution in [2.24, 2.45) is 0 Å². The molecule has 2 nitrogen and oxygen atoms in total. The molecule has 0 saturated heterocycles. The standard InChI is InChI=1S/C14H13Cl3N2S/c1-3-4-12-18-13(17)8(2)14(19-12)20-9-5-6-10(15)11(16)7-9/h5-7H,3-4H2,1-2H3. The van der Waals surface area contributed by atoms with E-state index in [1.165, 1.54) is 11.8 Å². The number of aryl methyl sites for hydroxylation is 1. The van der Waals surface area contributed by atoms with Gasteiger partial charge < -0.3 is 0 Å². The van der Waals surface area contributed by atoms with E-state index in [9.17, 15) is 0 Å². The van der Waals surface area contributed by atoms with Crippen molar-refractivity contribution in [3.8, 4) is 0 Å². The largest absolute Gasteiger partial charge is 0.226 e. The number of hydrogen-bond donors (Lipinski definition) is 0. The van der Waals surface area contributed by atoms with Crippen LogP contribution in [-0.2, 0) is 6.42 Å². The lowest BCUT2D eigenvalue weighted by Crippen LogP contribution is -1.99. The van der Waals surface area contributed by atoms with Crippen molar-refractivity contribution in [3.05, 3.63) is 44.8 Å². The van der Waals surface area contributed by atoms with Gasteiger partial charge in [-0.3, -0.25) is 0 Å². The van der Waals surface area contributed by atoms with Gasteiger partial charge in [0.25, 0.3) is 0 Å². The van der Waals surface area contributed by atoms with Gasteiger partial charge in [-0.1, -0.05) is 53.5 Å². The maximum absolute atomic E-state index is 6.17. The van der Waals surface area contributed by atoms with Gasteiger partial charge >= 0.3 is 0 Å². The van der Waals surface area contributed by atoms with Crippen LogP contribution in [0.5, 0.6) is 0 Å². The number of benzene rings is 1. The average Bonchev–Trinajstić information content (AvgIpc) is 2.40. The van der Waals surface area contributed by atoms with Crippen molar-refractivity contribution < 1.29 is 0 Å². The Hall–Kier alpha value is -0.480. The lowest BCUT2D eigenvalue weighted by molar-refractivity contribution is 0.801. The zero-order valence-electron chi connectivity index (χ0n) is 11.1. The first-order chi connectivity index (χ1) is 9.51. The highest BCUT2D eigenvalue weighted by Gasteiger charge is 2.11. The molecule has 0 aliphatic heterocycles. The van der Waals surface area contributed by atoms with Crippen LogP contribution in [0.2, 0.25) is 15.2 Å². The quantitative estimate of drug-likeness (QED) is 0.649. The SMILES string of the molecule is CCCc1nc(Cl)c(C)c(Sc2ccc(Cl)c(Cl)c2)n1. The molecule has 0 amide bonds. The Kier molecular flexibility index (Phi) is 5.56. The molecule has 0 fully saturated rings. The number of halogens is 3. The molecule has 2 rings (SSSR count). The highest BCUT2D eigenvalue weighted by Crippen LogP contribution is 2.34. The average molecular weight is 348 g/mol. The van der Waals surface area contributed by atoms with Crippen molar-refractivity contribution in [1.29, 1.82) is 0 Å². The van der Waals surface area contributed by atoms with E-state index in [4.69, 9.17) is 34.8 Å². The van der Waals surface area contributed by atoms with Gasteiger partial charge in [-0.15, -0.1) is 0 Å². The molecule has 20 heavy (non-hydrogen) atoms. The minimum Gasteiger partial charge on any atom is -0.226 e. The van der Waals surface area contributed by atoms with Gasteiger partial charge in [-0.25, -0.2) is 9.97 Å². The van der Waals surface area contributed by atoms with E-state index in [2.05, 4.69) is 16.9 Å². The summed E-state index contributed by atoms with van der Waals surface area (Å²) < 4.78 is 0. The fourth-order valence-electron chi connectivity index (χ4n) is 1.60. The highest BCUT2D eigenvalue weighted by molar-refractivity contribution is 7.99.